The average Bonchev–Trinajstić information content (AvgIpc) is 2.95. The van der Waals surface area contributed by atoms with Gasteiger partial charge < -0.3 is 15.0 Å². The van der Waals surface area contributed by atoms with Crippen molar-refractivity contribution in [3.05, 3.63) is 35.9 Å². The molecular weight excluding hydrogens is 280 g/mol. The molecule has 1 aliphatic rings. The summed E-state index contributed by atoms with van der Waals surface area (Å²) in [5.41, 5.74) is 0.304. The topological polar surface area (TPSA) is 58.6 Å². The van der Waals surface area contributed by atoms with Crippen molar-refractivity contribution < 1.29 is 14.3 Å². The fourth-order valence-corrected chi connectivity index (χ4v) is 2.45. The number of benzene rings is 1. The van der Waals surface area contributed by atoms with Crippen LogP contribution in [0.4, 0.5) is 4.79 Å². The second kappa shape index (κ2) is 6.99. The van der Waals surface area contributed by atoms with E-state index in [1.807, 2.05) is 37.3 Å². The normalized spacial score (nSPS) is 20.0. The highest BCUT2D eigenvalue weighted by molar-refractivity contribution is 5.80. The van der Waals surface area contributed by atoms with Gasteiger partial charge in [-0.25, -0.2) is 4.79 Å². The number of rotatable bonds is 2. The number of carbonyl (C=O) groups excluding carboxylic acids is 2. The first kappa shape index (κ1) is 15.9. The maximum atomic E-state index is 12.1. The molecule has 22 heavy (non-hydrogen) atoms. The van der Waals surface area contributed by atoms with E-state index in [2.05, 4.69) is 17.2 Å². The molecule has 0 aliphatic carbocycles. The lowest BCUT2D eigenvalue weighted by Gasteiger charge is -2.21. The van der Waals surface area contributed by atoms with Gasteiger partial charge in [-0.05, 0) is 25.5 Å². The van der Waals surface area contributed by atoms with Gasteiger partial charge in [0.15, 0.2) is 0 Å². The number of esters is 1. The predicted molar refractivity (Wildman–Crippen MR) is 83.0 cm³/mol. The first-order valence-electron chi connectivity index (χ1n) is 7.20. The molecule has 1 fully saturated rings. The van der Waals surface area contributed by atoms with Crippen LogP contribution in [0.2, 0.25) is 0 Å². The van der Waals surface area contributed by atoms with Gasteiger partial charge in [-0.2, -0.15) is 0 Å². The van der Waals surface area contributed by atoms with E-state index in [9.17, 15) is 9.59 Å². The number of hydrogen-bond acceptors (Lipinski definition) is 3. The number of carbonyl (C=O) groups is 2. The Kier molecular flexibility index (Phi) is 5.05. The number of hydrogen-bond donors (Lipinski definition) is 1. The van der Waals surface area contributed by atoms with Crippen molar-refractivity contribution in [2.45, 2.75) is 13.3 Å². The number of methoxy groups -OCH3 is 1. The van der Waals surface area contributed by atoms with Gasteiger partial charge in [0.25, 0.3) is 0 Å². The van der Waals surface area contributed by atoms with Crippen LogP contribution in [0.25, 0.3) is 0 Å². The van der Waals surface area contributed by atoms with Crippen LogP contribution in [0.1, 0.15) is 18.9 Å². The molecule has 2 amide bonds. The molecule has 1 aromatic carbocycles. The summed E-state index contributed by atoms with van der Waals surface area (Å²) < 4.78 is 4.79. The van der Waals surface area contributed by atoms with Crippen molar-refractivity contribution in [3.63, 3.8) is 0 Å². The monoisotopic (exact) mass is 300 g/mol. The highest BCUT2D eigenvalue weighted by Gasteiger charge is 2.42. The summed E-state index contributed by atoms with van der Waals surface area (Å²) in [6.45, 7) is 3.02. The second-order valence-electron chi connectivity index (χ2n) is 5.55. The first-order chi connectivity index (χ1) is 10.5. The van der Waals surface area contributed by atoms with Crippen molar-refractivity contribution in [3.8, 4) is 11.8 Å². The number of nitrogens with zero attached hydrogens (tertiary/aromatic N) is 1. The number of urea groups is 1. The molecule has 5 heteroatoms. The fourth-order valence-electron chi connectivity index (χ4n) is 2.45. The lowest BCUT2D eigenvalue weighted by molar-refractivity contribution is -0.150. The molecule has 1 N–H and O–H groups in total. The molecule has 1 aliphatic heterocycles. The number of amides is 2. The van der Waals surface area contributed by atoms with E-state index in [1.54, 1.807) is 4.90 Å². The number of nitrogens with one attached hydrogen (secondary N) is 1. The van der Waals surface area contributed by atoms with Gasteiger partial charge in [-0.1, -0.05) is 30.0 Å². The molecular formula is C17H20N2O3. The standard InChI is InChI=1S/C17H20N2O3/c1-17(15(20)22-2)10-12-19(13-17)16(21)18-11-6-9-14-7-4-3-5-8-14/h3-5,7-8H,10-13H2,1-2H3,(H,18,21). The predicted octanol–water partition coefficient (Wildman–Crippen LogP) is 1.63. The minimum Gasteiger partial charge on any atom is -0.469 e. The summed E-state index contributed by atoms with van der Waals surface area (Å²) in [6, 6.07) is 9.39. The van der Waals surface area contributed by atoms with Crippen molar-refractivity contribution in [2.75, 3.05) is 26.7 Å². The van der Waals surface area contributed by atoms with Gasteiger partial charge in [-0.15, -0.1) is 0 Å². The van der Waals surface area contributed by atoms with Gasteiger partial charge in [-0.3, -0.25) is 4.79 Å². The van der Waals surface area contributed by atoms with Crippen molar-refractivity contribution in [1.29, 1.82) is 0 Å². The van der Waals surface area contributed by atoms with Crippen LogP contribution in [-0.2, 0) is 9.53 Å². The average molecular weight is 300 g/mol. The van der Waals surface area contributed by atoms with E-state index >= 15 is 0 Å². The van der Waals surface area contributed by atoms with Gasteiger partial charge in [0, 0.05) is 18.7 Å². The largest absolute Gasteiger partial charge is 0.469 e. The first-order valence-corrected chi connectivity index (χ1v) is 7.20. The summed E-state index contributed by atoms with van der Waals surface area (Å²) in [5, 5.41) is 2.75. The minimum atomic E-state index is -0.609. The Morgan fingerprint density at radius 2 is 2.09 bits per heavy atom. The molecule has 0 radical (unpaired) electrons. The van der Waals surface area contributed by atoms with Gasteiger partial charge in [0.1, 0.15) is 0 Å². The van der Waals surface area contributed by atoms with E-state index < -0.39 is 5.41 Å². The molecule has 1 aromatic rings. The zero-order chi connectivity index (χ0) is 16.0. The molecule has 0 bridgehead atoms. The van der Waals surface area contributed by atoms with Crippen LogP contribution in [0.3, 0.4) is 0 Å². The smallest absolute Gasteiger partial charge is 0.318 e. The van der Waals surface area contributed by atoms with Crippen LogP contribution in [0.5, 0.6) is 0 Å². The zero-order valence-corrected chi connectivity index (χ0v) is 12.9. The quantitative estimate of drug-likeness (QED) is 0.667. The van der Waals surface area contributed by atoms with Gasteiger partial charge in [0.05, 0.1) is 19.1 Å². The summed E-state index contributed by atoms with van der Waals surface area (Å²) in [7, 11) is 1.37. The molecule has 0 aromatic heterocycles. The van der Waals surface area contributed by atoms with Crippen LogP contribution < -0.4 is 5.32 Å². The summed E-state index contributed by atoms with van der Waals surface area (Å²) in [6.07, 6.45) is 0.614. The highest BCUT2D eigenvalue weighted by atomic mass is 16.5. The lowest BCUT2D eigenvalue weighted by atomic mass is 9.90. The van der Waals surface area contributed by atoms with Crippen molar-refractivity contribution >= 4 is 12.0 Å². The molecule has 5 nitrogen and oxygen atoms in total. The van der Waals surface area contributed by atoms with Crippen molar-refractivity contribution in [2.24, 2.45) is 5.41 Å². The number of likely N-dealkylation sites (tertiary alicyclic amines) is 1. The molecule has 116 valence electrons. The summed E-state index contributed by atoms with van der Waals surface area (Å²) in [4.78, 5) is 25.4. The Hall–Kier alpha value is -2.48. The van der Waals surface area contributed by atoms with Crippen LogP contribution in [0, 0.1) is 17.3 Å². The number of ether oxygens (including phenoxy) is 1. The van der Waals surface area contributed by atoms with E-state index in [4.69, 9.17) is 4.74 Å². The third kappa shape index (κ3) is 3.79. The molecule has 1 unspecified atom stereocenters. The zero-order valence-electron chi connectivity index (χ0n) is 12.9. The SMILES string of the molecule is COC(=O)C1(C)CCN(C(=O)NCC#Cc2ccccc2)C1. The second-order valence-corrected chi connectivity index (χ2v) is 5.55. The van der Waals surface area contributed by atoms with Gasteiger partial charge in [0.2, 0.25) is 0 Å². The molecule has 0 saturated carbocycles. The Bertz CT molecular complexity index is 603. The van der Waals surface area contributed by atoms with Crippen LogP contribution >= 0.6 is 0 Å². The maximum absolute atomic E-state index is 12.1. The van der Waals surface area contributed by atoms with Crippen LogP contribution in [-0.4, -0.2) is 43.6 Å². The fraction of sp³-hybridized carbons (Fsp3) is 0.412. The molecule has 2 rings (SSSR count). The minimum absolute atomic E-state index is 0.199. The Morgan fingerprint density at radius 1 is 1.36 bits per heavy atom. The molecule has 1 atom stereocenters. The molecule has 0 spiro atoms. The highest BCUT2D eigenvalue weighted by Crippen LogP contribution is 2.30. The van der Waals surface area contributed by atoms with E-state index in [-0.39, 0.29) is 18.5 Å². The van der Waals surface area contributed by atoms with E-state index in [0.29, 0.717) is 19.5 Å². The van der Waals surface area contributed by atoms with E-state index in [1.165, 1.54) is 7.11 Å². The third-order valence-electron chi connectivity index (χ3n) is 3.77. The molecule has 1 saturated heterocycles. The van der Waals surface area contributed by atoms with Crippen LogP contribution in [0.15, 0.2) is 30.3 Å². The lowest BCUT2D eigenvalue weighted by Crippen LogP contribution is -2.41. The van der Waals surface area contributed by atoms with Crippen molar-refractivity contribution in [1.82, 2.24) is 10.2 Å². The summed E-state index contributed by atoms with van der Waals surface area (Å²) in [5.74, 6) is 5.62. The maximum Gasteiger partial charge on any atom is 0.318 e. The third-order valence-corrected chi connectivity index (χ3v) is 3.77. The Morgan fingerprint density at radius 3 is 2.77 bits per heavy atom. The Balaban J connectivity index is 1.82. The van der Waals surface area contributed by atoms with Gasteiger partial charge >= 0.3 is 12.0 Å². The summed E-state index contributed by atoms with van der Waals surface area (Å²) >= 11 is 0. The molecule has 1 heterocycles. The van der Waals surface area contributed by atoms with E-state index in [0.717, 1.165) is 5.56 Å². The Labute approximate surface area is 130 Å².